The third kappa shape index (κ3) is 3.08. The Balaban J connectivity index is 1.83. The Labute approximate surface area is 139 Å². The minimum Gasteiger partial charge on any atom is -0.496 e. The first kappa shape index (κ1) is 15.6. The van der Waals surface area contributed by atoms with Crippen LogP contribution in [0, 0.1) is 0 Å². The topological polar surface area (TPSA) is 76.2 Å². The lowest BCUT2D eigenvalue weighted by Gasteiger charge is -2.13. The maximum atomic E-state index is 12.6. The van der Waals surface area contributed by atoms with Crippen molar-refractivity contribution in [1.82, 2.24) is 10.2 Å². The van der Waals surface area contributed by atoms with Gasteiger partial charge in [0.05, 0.1) is 19.9 Å². The van der Waals surface area contributed by atoms with Crippen LogP contribution in [0.25, 0.3) is 11.3 Å². The number of hydrogen-bond donors (Lipinski definition) is 2. The zero-order valence-electron chi connectivity index (χ0n) is 13.4. The van der Waals surface area contributed by atoms with Crippen LogP contribution in [0.4, 0.5) is 5.69 Å². The normalized spacial score (nSPS) is 10.2. The number of benzene rings is 2. The van der Waals surface area contributed by atoms with Gasteiger partial charge in [0.1, 0.15) is 17.1 Å². The van der Waals surface area contributed by atoms with Gasteiger partial charge in [-0.25, -0.2) is 0 Å². The number of methoxy groups -OCH3 is 2. The fourth-order valence-electron chi connectivity index (χ4n) is 2.42. The average Bonchev–Trinajstić information content (AvgIpc) is 3.16. The fourth-order valence-corrected chi connectivity index (χ4v) is 2.42. The molecule has 0 radical (unpaired) electrons. The van der Waals surface area contributed by atoms with Gasteiger partial charge >= 0.3 is 0 Å². The maximum Gasteiger partial charge on any atom is 0.263 e. The predicted molar refractivity (Wildman–Crippen MR) is 91.5 cm³/mol. The van der Waals surface area contributed by atoms with Crippen LogP contribution in [0.15, 0.2) is 54.7 Å². The Hall–Kier alpha value is -3.28. The van der Waals surface area contributed by atoms with Crippen molar-refractivity contribution >= 4 is 11.6 Å². The van der Waals surface area contributed by atoms with Gasteiger partial charge in [0.15, 0.2) is 0 Å². The van der Waals surface area contributed by atoms with Crippen molar-refractivity contribution in [3.05, 3.63) is 60.3 Å². The summed E-state index contributed by atoms with van der Waals surface area (Å²) in [5, 5.41) is 9.68. The quantitative estimate of drug-likeness (QED) is 0.755. The predicted octanol–water partition coefficient (Wildman–Crippen LogP) is 3.35. The van der Waals surface area contributed by atoms with Crippen molar-refractivity contribution in [3.8, 4) is 22.8 Å². The second kappa shape index (κ2) is 6.87. The van der Waals surface area contributed by atoms with Gasteiger partial charge in [0.2, 0.25) is 0 Å². The van der Waals surface area contributed by atoms with Crippen molar-refractivity contribution in [3.63, 3.8) is 0 Å². The summed E-state index contributed by atoms with van der Waals surface area (Å²) in [7, 11) is 3.04. The highest BCUT2D eigenvalue weighted by molar-refractivity contribution is 6.08. The number of amides is 1. The first-order valence-electron chi connectivity index (χ1n) is 7.35. The molecule has 0 unspecified atom stereocenters. The Bertz CT molecular complexity index is 805. The summed E-state index contributed by atoms with van der Waals surface area (Å²) in [6.45, 7) is 0. The minimum atomic E-state index is -0.293. The number of nitrogens with one attached hydrogen (secondary N) is 2. The fraction of sp³-hybridized carbons (Fsp3) is 0.111. The van der Waals surface area contributed by atoms with Crippen LogP contribution >= 0.6 is 0 Å². The highest BCUT2D eigenvalue weighted by Crippen LogP contribution is 2.29. The smallest absolute Gasteiger partial charge is 0.263 e. The molecule has 6 heteroatoms. The van der Waals surface area contributed by atoms with E-state index in [0.29, 0.717) is 22.7 Å². The van der Waals surface area contributed by atoms with E-state index in [1.54, 1.807) is 24.4 Å². The Morgan fingerprint density at radius 1 is 1.00 bits per heavy atom. The molecule has 0 atom stereocenters. The molecule has 122 valence electrons. The molecule has 1 heterocycles. The number of carbonyl (C=O) groups is 1. The number of aromatic nitrogens is 2. The Morgan fingerprint density at radius 3 is 2.21 bits per heavy atom. The lowest BCUT2D eigenvalue weighted by molar-refractivity contribution is 0.102. The molecule has 24 heavy (non-hydrogen) atoms. The van der Waals surface area contributed by atoms with E-state index in [1.165, 1.54) is 14.2 Å². The van der Waals surface area contributed by atoms with E-state index in [2.05, 4.69) is 15.5 Å². The van der Waals surface area contributed by atoms with Crippen molar-refractivity contribution < 1.29 is 14.3 Å². The van der Waals surface area contributed by atoms with Gasteiger partial charge < -0.3 is 14.8 Å². The summed E-state index contributed by atoms with van der Waals surface area (Å²) in [5.41, 5.74) is 2.94. The summed E-state index contributed by atoms with van der Waals surface area (Å²) in [4.78, 5) is 12.6. The van der Waals surface area contributed by atoms with Gasteiger partial charge in [-0.3, -0.25) is 9.89 Å². The Kier molecular flexibility index (Phi) is 4.47. The van der Waals surface area contributed by atoms with Crippen molar-refractivity contribution in [2.45, 2.75) is 0 Å². The van der Waals surface area contributed by atoms with Crippen molar-refractivity contribution in [2.24, 2.45) is 0 Å². The number of nitrogens with zero attached hydrogens (tertiary/aromatic N) is 1. The van der Waals surface area contributed by atoms with Gasteiger partial charge in [-0.2, -0.15) is 5.10 Å². The number of aromatic amines is 1. The van der Waals surface area contributed by atoms with E-state index in [0.717, 1.165) is 11.3 Å². The molecular weight excluding hydrogens is 306 g/mol. The molecule has 1 aromatic heterocycles. The lowest BCUT2D eigenvalue weighted by Crippen LogP contribution is -2.14. The average molecular weight is 323 g/mol. The zero-order chi connectivity index (χ0) is 16.9. The molecule has 3 aromatic rings. The monoisotopic (exact) mass is 323 g/mol. The molecule has 1 amide bonds. The minimum absolute atomic E-state index is 0.293. The van der Waals surface area contributed by atoms with Gasteiger partial charge in [-0.1, -0.05) is 18.2 Å². The van der Waals surface area contributed by atoms with Gasteiger partial charge in [-0.15, -0.1) is 0 Å². The summed E-state index contributed by atoms with van der Waals surface area (Å²) < 4.78 is 10.5. The van der Waals surface area contributed by atoms with Gasteiger partial charge in [0.25, 0.3) is 5.91 Å². The van der Waals surface area contributed by atoms with Crippen LogP contribution in [0.1, 0.15) is 10.4 Å². The van der Waals surface area contributed by atoms with Gasteiger partial charge in [-0.05, 0) is 35.9 Å². The molecule has 2 N–H and O–H groups in total. The van der Waals surface area contributed by atoms with E-state index in [-0.39, 0.29) is 5.91 Å². The molecule has 3 rings (SSSR count). The Morgan fingerprint density at radius 2 is 1.67 bits per heavy atom. The van der Waals surface area contributed by atoms with Crippen LogP contribution in [-0.2, 0) is 0 Å². The zero-order valence-corrected chi connectivity index (χ0v) is 13.4. The van der Waals surface area contributed by atoms with E-state index in [1.807, 2.05) is 30.3 Å². The third-order valence-corrected chi connectivity index (χ3v) is 3.61. The number of carbonyl (C=O) groups excluding carboxylic acids is 1. The maximum absolute atomic E-state index is 12.6. The summed E-state index contributed by atoms with van der Waals surface area (Å²) in [6, 6.07) is 14.6. The first-order chi connectivity index (χ1) is 11.7. The van der Waals surface area contributed by atoms with E-state index >= 15 is 0 Å². The molecule has 6 nitrogen and oxygen atoms in total. The number of rotatable bonds is 5. The molecule has 0 fully saturated rings. The molecular formula is C18H17N3O3. The summed E-state index contributed by atoms with van der Waals surface area (Å²) >= 11 is 0. The SMILES string of the molecule is COc1cccc(OC)c1C(=O)Nc1ccc(-c2ccn[nH]2)cc1. The van der Waals surface area contributed by atoms with Crippen LogP contribution in [0.2, 0.25) is 0 Å². The number of anilines is 1. The number of H-pyrrole nitrogens is 1. The van der Waals surface area contributed by atoms with E-state index in [4.69, 9.17) is 9.47 Å². The van der Waals surface area contributed by atoms with Crippen LogP contribution < -0.4 is 14.8 Å². The van der Waals surface area contributed by atoms with Crippen LogP contribution in [0.5, 0.6) is 11.5 Å². The van der Waals surface area contributed by atoms with Crippen LogP contribution in [0.3, 0.4) is 0 Å². The molecule has 0 spiro atoms. The first-order valence-corrected chi connectivity index (χ1v) is 7.35. The highest BCUT2D eigenvalue weighted by atomic mass is 16.5. The highest BCUT2D eigenvalue weighted by Gasteiger charge is 2.18. The molecule has 2 aromatic carbocycles. The van der Waals surface area contributed by atoms with Crippen molar-refractivity contribution in [2.75, 3.05) is 19.5 Å². The number of hydrogen-bond acceptors (Lipinski definition) is 4. The molecule has 0 bridgehead atoms. The second-order valence-electron chi connectivity index (χ2n) is 5.04. The number of ether oxygens (including phenoxy) is 2. The third-order valence-electron chi connectivity index (χ3n) is 3.61. The van der Waals surface area contributed by atoms with Crippen molar-refractivity contribution in [1.29, 1.82) is 0 Å². The largest absolute Gasteiger partial charge is 0.496 e. The summed E-state index contributed by atoms with van der Waals surface area (Å²) in [5.74, 6) is 0.625. The lowest BCUT2D eigenvalue weighted by atomic mass is 10.1. The standard InChI is InChI=1S/C18H17N3O3/c1-23-15-4-3-5-16(24-2)17(15)18(22)20-13-8-6-12(7-9-13)14-10-11-19-21-14/h3-11H,1-2H3,(H,19,21)(H,20,22). The molecule has 0 saturated carbocycles. The molecule has 0 aliphatic heterocycles. The second-order valence-corrected chi connectivity index (χ2v) is 5.04. The molecule has 0 saturated heterocycles. The van der Waals surface area contributed by atoms with Gasteiger partial charge in [0, 0.05) is 11.9 Å². The van der Waals surface area contributed by atoms with Crippen LogP contribution in [-0.4, -0.2) is 30.3 Å². The van der Waals surface area contributed by atoms with E-state index in [9.17, 15) is 4.79 Å². The molecule has 0 aliphatic rings. The summed E-state index contributed by atoms with van der Waals surface area (Å²) in [6.07, 6.45) is 1.69. The molecule has 0 aliphatic carbocycles. The van der Waals surface area contributed by atoms with E-state index < -0.39 is 0 Å².